The van der Waals surface area contributed by atoms with Gasteiger partial charge in [-0.25, -0.2) is 4.39 Å². The summed E-state index contributed by atoms with van der Waals surface area (Å²) in [5, 5.41) is 10.1. The molecular formula is C12H7Cl2FO. The highest BCUT2D eigenvalue weighted by molar-refractivity contribution is 6.42. The summed E-state index contributed by atoms with van der Waals surface area (Å²) in [6.07, 6.45) is 0. The van der Waals surface area contributed by atoms with Crippen molar-refractivity contribution >= 4 is 23.2 Å². The van der Waals surface area contributed by atoms with Gasteiger partial charge in [0, 0.05) is 0 Å². The Morgan fingerprint density at radius 1 is 0.875 bits per heavy atom. The fourth-order valence-corrected chi connectivity index (χ4v) is 1.67. The van der Waals surface area contributed by atoms with E-state index in [-0.39, 0.29) is 5.75 Å². The van der Waals surface area contributed by atoms with Crippen LogP contribution >= 0.6 is 23.2 Å². The summed E-state index contributed by atoms with van der Waals surface area (Å²) in [5.74, 6) is -1.03. The molecule has 0 aliphatic heterocycles. The highest BCUT2D eigenvalue weighted by Gasteiger charge is 2.05. The first-order valence-electron chi connectivity index (χ1n) is 4.52. The van der Waals surface area contributed by atoms with Crippen molar-refractivity contribution in [2.75, 3.05) is 0 Å². The molecule has 0 bridgehead atoms. The van der Waals surface area contributed by atoms with Crippen molar-refractivity contribution in [2.45, 2.75) is 0 Å². The number of hydrogen-bond acceptors (Lipinski definition) is 1. The molecule has 0 aliphatic carbocycles. The second kappa shape index (κ2) is 4.32. The average molecular weight is 257 g/mol. The molecule has 0 amide bonds. The zero-order chi connectivity index (χ0) is 11.7. The predicted molar refractivity (Wildman–Crippen MR) is 63.5 cm³/mol. The number of halogens is 3. The fraction of sp³-hybridized carbons (Fsp3) is 0. The van der Waals surface area contributed by atoms with E-state index in [9.17, 15) is 9.50 Å². The minimum atomic E-state index is -0.649. The molecule has 2 aromatic carbocycles. The van der Waals surface area contributed by atoms with Gasteiger partial charge in [0.15, 0.2) is 11.6 Å². The number of phenols is 1. The van der Waals surface area contributed by atoms with Crippen LogP contribution in [0.3, 0.4) is 0 Å². The van der Waals surface area contributed by atoms with E-state index in [1.165, 1.54) is 12.1 Å². The topological polar surface area (TPSA) is 20.2 Å². The first-order chi connectivity index (χ1) is 7.58. The molecule has 1 nitrogen and oxygen atoms in total. The quantitative estimate of drug-likeness (QED) is 0.797. The lowest BCUT2D eigenvalue weighted by atomic mass is 10.1. The van der Waals surface area contributed by atoms with E-state index in [1.54, 1.807) is 24.3 Å². The van der Waals surface area contributed by atoms with Gasteiger partial charge in [0.25, 0.3) is 0 Å². The summed E-state index contributed by atoms with van der Waals surface area (Å²) in [6.45, 7) is 0. The molecule has 2 rings (SSSR count). The number of hydrogen-bond donors (Lipinski definition) is 1. The molecule has 82 valence electrons. The summed E-state index contributed by atoms with van der Waals surface area (Å²) in [5.41, 5.74) is 1.45. The third-order valence-corrected chi connectivity index (χ3v) is 2.94. The number of phenolic OH excluding ortho intramolecular Hbond substituents is 1. The van der Waals surface area contributed by atoms with Gasteiger partial charge in [-0.05, 0) is 35.4 Å². The van der Waals surface area contributed by atoms with E-state index in [2.05, 4.69) is 0 Å². The first kappa shape index (κ1) is 11.2. The van der Waals surface area contributed by atoms with Crippen LogP contribution in [0, 0.1) is 5.82 Å². The van der Waals surface area contributed by atoms with Crippen molar-refractivity contribution in [3.8, 4) is 16.9 Å². The largest absolute Gasteiger partial charge is 0.505 e. The molecular weight excluding hydrogens is 250 g/mol. The van der Waals surface area contributed by atoms with E-state index in [1.807, 2.05) is 0 Å². The first-order valence-corrected chi connectivity index (χ1v) is 5.27. The Bertz CT molecular complexity index is 491. The molecule has 0 saturated heterocycles. The van der Waals surface area contributed by atoms with Crippen LogP contribution in [0.5, 0.6) is 5.75 Å². The van der Waals surface area contributed by atoms with Crippen molar-refractivity contribution in [3.05, 3.63) is 52.3 Å². The number of benzene rings is 2. The zero-order valence-corrected chi connectivity index (χ0v) is 9.56. The molecule has 0 atom stereocenters. The van der Waals surface area contributed by atoms with Crippen LogP contribution < -0.4 is 0 Å². The molecule has 0 saturated carbocycles. The summed E-state index contributed by atoms with van der Waals surface area (Å²) in [6, 6.07) is 9.17. The lowest BCUT2D eigenvalue weighted by Crippen LogP contribution is -1.81. The molecule has 2 aromatic rings. The monoisotopic (exact) mass is 256 g/mol. The molecule has 0 spiro atoms. The number of rotatable bonds is 1. The average Bonchev–Trinajstić information content (AvgIpc) is 2.26. The Morgan fingerprint density at radius 2 is 1.50 bits per heavy atom. The van der Waals surface area contributed by atoms with Crippen LogP contribution in [-0.2, 0) is 0 Å². The third kappa shape index (κ3) is 2.13. The maximum absolute atomic E-state index is 12.9. The van der Waals surface area contributed by atoms with Gasteiger partial charge < -0.3 is 5.11 Å². The molecule has 0 aromatic heterocycles. The van der Waals surface area contributed by atoms with Gasteiger partial charge in [-0.2, -0.15) is 0 Å². The van der Waals surface area contributed by atoms with Crippen LogP contribution in [-0.4, -0.2) is 5.11 Å². The van der Waals surface area contributed by atoms with Gasteiger partial charge in [-0.3, -0.25) is 0 Å². The predicted octanol–water partition coefficient (Wildman–Crippen LogP) is 4.51. The Labute approximate surface area is 102 Å². The standard InChI is InChI=1S/C12H7Cl2FO/c13-9-3-1-7(5-10(9)14)8-2-4-11(15)12(16)6-8/h1-6,16H. The zero-order valence-electron chi connectivity index (χ0n) is 8.05. The Morgan fingerprint density at radius 3 is 2.12 bits per heavy atom. The van der Waals surface area contributed by atoms with Crippen LogP contribution in [0.25, 0.3) is 11.1 Å². The van der Waals surface area contributed by atoms with Crippen molar-refractivity contribution < 1.29 is 9.50 Å². The van der Waals surface area contributed by atoms with Crippen LogP contribution in [0.2, 0.25) is 10.0 Å². The third-order valence-electron chi connectivity index (χ3n) is 2.20. The Balaban J connectivity index is 2.50. The highest BCUT2D eigenvalue weighted by atomic mass is 35.5. The fourth-order valence-electron chi connectivity index (χ4n) is 1.37. The SMILES string of the molecule is Oc1cc(-c2ccc(Cl)c(Cl)c2)ccc1F. The molecule has 16 heavy (non-hydrogen) atoms. The molecule has 0 unspecified atom stereocenters. The van der Waals surface area contributed by atoms with Gasteiger partial charge in [0.1, 0.15) is 0 Å². The van der Waals surface area contributed by atoms with Crippen molar-refractivity contribution in [1.29, 1.82) is 0 Å². The molecule has 0 heterocycles. The maximum atomic E-state index is 12.9. The minimum Gasteiger partial charge on any atom is -0.505 e. The van der Waals surface area contributed by atoms with E-state index in [0.29, 0.717) is 15.6 Å². The summed E-state index contributed by atoms with van der Waals surface area (Å²) >= 11 is 11.6. The summed E-state index contributed by atoms with van der Waals surface area (Å²) in [4.78, 5) is 0. The summed E-state index contributed by atoms with van der Waals surface area (Å²) < 4.78 is 12.9. The second-order valence-electron chi connectivity index (χ2n) is 3.30. The molecule has 0 radical (unpaired) electrons. The molecule has 1 N–H and O–H groups in total. The van der Waals surface area contributed by atoms with Crippen molar-refractivity contribution in [2.24, 2.45) is 0 Å². The highest BCUT2D eigenvalue weighted by Crippen LogP contribution is 2.30. The normalized spacial score (nSPS) is 10.4. The van der Waals surface area contributed by atoms with Gasteiger partial charge in [0.05, 0.1) is 10.0 Å². The van der Waals surface area contributed by atoms with E-state index in [4.69, 9.17) is 23.2 Å². The van der Waals surface area contributed by atoms with Crippen molar-refractivity contribution in [1.82, 2.24) is 0 Å². The summed E-state index contributed by atoms with van der Waals surface area (Å²) in [7, 11) is 0. The smallest absolute Gasteiger partial charge is 0.164 e. The molecule has 0 fully saturated rings. The minimum absolute atomic E-state index is 0.386. The van der Waals surface area contributed by atoms with Crippen LogP contribution in [0.15, 0.2) is 36.4 Å². The number of aromatic hydroxyl groups is 1. The lowest BCUT2D eigenvalue weighted by Gasteiger charge is -2.04. The van der Waals surface area contributed by atoms with Gasteiger partial charge in [-0.15, -0.1) is 0 Å². The van der Waals surface area contributed by atoms with Crippen LogP contribution in [0.4, 0.5) is 4.39 Å². The lowest BCUT2D eigenvalue weighted by molar-refractivity contribution is 0.433. The maximum Gasteiger partial charge on any atom is 0.164 e. The van der Waals surface area contributed by atoms with E-state index < -0.39 is 5.82 Å². The van der Waals surface area contributed by atoms with Gasteiger partial charge >= 0.3 is 0 Å². The van der Waals surface area contributed by atoms with E-state index >= 15 is 0 Å². The van der Waals surface area contributed by atoms with Crippen LogP contribution in [0.1, 0.15) is 0 Å². The molecule has 4 heteroatoms. The molecule has 0 aliphatic rings. The van der Waals surface area contributed by atoms with Gasteiger partial charge in [0.2, 0.25) is 0 Å². The second-order valence-corrected chi connectivity index (χ2v) is 4.11. The Hall–Kier alpha value is -1.25. The Kier molecular flexibility index (Phi) is 3.03. The van der Waals surface area contributed by atoms with Crippen molar-refractivity contribution in [3.63, 3.8) is 0 Å². The van der Waals surface area contributed by atoms with E-state index in [0.717, 1.165) is 5.56 Å². The van der Waals surface area contributed by atoms with Gasteiger partial charge in [-0.1, -0.05) is 35.3 Å².